The summed E-state index contributed by atoms with van der Waals surface area (Å²) >= 11 is 0. The molecule has 1 saturated carbocycles. The number of pyridine rings is 3. The normalized spacial score (nSPS) is 21.8. The number of carbonyl (C=O) groups is 1. The fourth-order valence-electron chi connectivity index (χ4n) is 4.84. The smallest absolute Gasteiger partial charge is 0.410 e. The lowest BCUT2D eigenvalue weighted by Gasteiger charge is -2.34. The number of nitrogens with zero attached hydrogens (tertiary/aromatic N) is 4. The lowest BCUT2D eigenvalue weighted by molar-refractivity contribution is 0.0197. The monoisotopic (exact) mass is 490 g/mol. The molecule has 1 amide bonds. The Morgan fingerprint density at radius 2 is 2.03 bits per heavy atom. The van der Waals surface area contributed by atoms with Gasteiger partial charge in [0, 0.05) is 48.3 Å². The van der Waals surface area contributed by atoms with E-state index < -0.39 is 5.60 Å². The Labute approximate surface area is 212 Å². The van der Waals surface area contributed by atoms with E-state index in [1.54, 1.807) is 24.4 Å². The van der Waals surface area contributed by atoms with Crippen molar-refractivity contribution in [1.82, 2.24) is 19.9 Å². The van der Waals surface area contributed by atoms with Gasteiger partial charge in [-0.3, -0.25) is 9.97 Å². The third-order valence-corrected chi connectivity index (χ3v) is 6.82. The highest BCUT2D eigenvalue weighted by Crippen LogP contribution is 2.47. The van der Waals surface area contributed by atoms with E-state index in [2.05, 4.69) is 16.0 Å². The van der Waals surface area contributed by atoms with Crippen LogP contribution >= 0.6 is 0 Å². The summed E-state index contributed by atoms with van der Waals surface area (Å²) in [5, 5.41) is 0. The van der Waals surface area contributed by atoms with Gasteiger partial charge in [0.25, 0.3) is 0 Å². The molecule has 8 nitrogen and oxygen atoms in total. The van der Waals surface area contributed by atoms with Crippen LogP contribution in [-0.2, 0) is 4.74 Å². The molecule has 1 unspecified atom stereocenters. The largest absolute Gasteiger partial charge is 0.495 e. The number of likely N-dealkylation sites (tertiary alicyclic amines) is 1. The standard InChI is InChI=1S/C28H34N4O4/c1-28(2,3)36-27(33)32-12-6-7-18(16-32)22-14-25-24(8-5-11-29-25)31-26(22)35-17-19-13-21(19)23-10-9-20(34-4)15-30-23/h5,8-11,14-15,18-19,21H,6-7,12-13,16-17H2,1-4H3/t18?,19-,21+/m1/s1. The van der Waals surface area contributed by atoms with E-state index in [0.717, 1.165) is 47.3 Å². The van der Waals surface area contributed by atoms with Crippen molar-refractivity contribution in [1.29, 1.82) is 0 Å². The minimum atomic E-state index is -0.522. The third-order valence-electron chi connectivity index (χ3n) is 6.82. The molecule has 0 spiro atoms. The number of ether oxygens (including phenoxy) is 3. The van der Waals surface area contributed by atoms with Gasteiger partial charge in [0.15, 0.2) is 0 Å². The van der Waals surface area contributed by atoms with Crippen molar-refractivity contribution < 1.29 is 19.0 Å². The average molecular weight is 491 g/mol. The van der Waals surface area contributed by atoms with Gasteiger partial charge in [-0.25, -0.2) is 9.78 Å². The van der Waals surface area contributed by atoms with Crippen LogP contribution in [0.15, 0.2) is 42.7 Å². The van der Waals surface area contributed by atoms with Gasteiger partial charge >= 0.3 is 6.09 Å². The van der Waals surface area contributed by atoms with E-state index in [1.807, 2.05) is 45.0 Å². The number of hydrogen-bond donors (Lipinski definition) is 0. The molecule has 0 aromatic carbocycles. The van der Waals surface area contributed by atoms with Gasteiger partial charge in [-0.2, -0.15) is 0 Å². The van der Waals surface area contributed by atoms with Crippen LogP contribution < -0.4 is 9.47 Å². The molecule has 4 heterocycles. The fraction of sp³-hybridized carbons (Fsp3) is 0.500. The highest BCUT2D eigenvalue weighted by molar-refractivity contribution is 5.76. The second-order valence-corrected chi connectivity index (χ2v) is 10.7. The lowest BCUT2D eigenvalue weighted by atomic mass is 9.91. The number of fused-ring (bicyclic) bond motifs is 1. The van der Waals surface area contributed by atoms with Crippen LogP contribution in [-0.4, -0.2) is 58.4 Å². The molecule has 1 saturated heterocycles. The number of rotatable bonds is 6. The number of carbonyl (C=O) groups excluding carboxylic acids is 1. The molecule has 0 radical (unpaired) electrons. The van der Waals surface area contributed by atoms with Gasteiger partial charge in [0.05, 0.1) is 30.9 Å². The molecule has 3 aromatic heterocycles. The first kappa shape index (κ1) is 24.3. The molecule has 0 bridgehead atoms. The van der Waals surface area contributed by atoms with Gasteiger partial charge in [0.2, 0.25) is 5.88 Å². The number of methoxy groups -OCH3 is 1. The maximum absolute atomic E-state index is 12.8. The van der Waals surface area contributed by atoms with Gasteiger partial charge in [-0.1, -0.05) is 0 Å². The first-order valence-electron chi connectivity index (χ1n) is 12.7. The molecule has 1 aliphatic heterocycles. The van der Waals surface area contributed by atoms with Crippen molar-refractivity contribution in [3.05, 3.63) is 54.0 Å². The average Bonchev–Trinajstić information content (AvgIpc) is 3.66. The molecule has 1 aliphatic carbocycles. The van der Waals surface area contributed by atoms with Gasteiger partial charge < -0.3 is 19.1 Å². The van der Waals surface area contributed by atoms with Gasteiger partial charge in [-0.05, 0) is 70.4 Å². The Bertz CT molecular complexity index is 1220. The zero-order valence-corrected chi connectivity index (χ0v) is 21.4. The van der Waals surface area contributed by atoms with Crippen LogP contribution in [0.25, 0.3) is 11.0 Å². The summed E-state index contributed by atoms with van der Waals surface area (Å²) in [6.45, 7) is 7.52. The summed E-state index contributed by atoms with van der Waals surface area (Å²) in [6.07, 6.45) is 6.17. The van der Waals surface area contributed by atoms with Crippen molar-refractivity contribution in [2.75, 3.05) is 26.8 Å². The van der Waals surface area contributed by atoms with Crippen LogP contribution in [0.3, 0.4) is 0 Å². The SMILES string of the molecule is COc1ccc([C@H]2C[C@@H]2COc2nc3cccnc3cc2C2CCCN(C(=O)OC(C)(C)C)C2)nc1. The summed E-state index contributed by atoms with van der Waals surface area (Å²) in [4.78, 5) is 28.5. The minimum Gasteiger partial charge on any atom is -0.495 e. The summed E-state index contributed by atoms with van der Waals surface area (Å²) < 4.78 is 17.2. The van der Waals surface area contributed by atoms with Crippen LogP contribution in [0.4, 0.5) is 4.79 Å². The van der Waals surface area contributed by atoms with E-state index in [0.29, 0.717) is 37.4 Å². The fourth-order valence-corrected chi connectivity index (χ4v) is 4.84. The lowest BCUT2D eigenvalue weighted by Crippen LogP contribution is -2.42. The maximum atomic E-state index is 12.8. The zero-order valence-electron chi connectivity index (χ0n) is 21.4. The van der Waals surface area contributed by atoms with E-state index in [9.17, 15) is 4.79 Å². The van der Waals surface area contributed by atoms with E-state index in [-0.39, 0.29) is 12.0 Å². The summed E-state index contributed by atoms with van der Waals surface area (Å²) in [5.41, 5.74) is 3.20. The predicted octanol–water partition coefficient (Wildman–Crippen LogP) is 5.33. The summed E-state index contributed by atoms with van der Waals surface area (Å²) in [7, 11) is 1.65. The van der Waals surface area contributed by atoms with E-state index in [1.165, 1.54) is 0 Å². The molecule has 0 N–H and O–H groups in total. The van der Waals surface area contributed by atoms with Gasteiger partial charge in [-0.15, -0.1) is 0 Å². The number of aromatic nitrogens is 3. The first-order chi connectivity index (χ1) is 17.3. The Morgan fingerprint density at radius 3 is 2.78 bits per heavy atom. The summed E-state index contributed by atoms with van der Waals surface area (Å²) in [6, 6.07) is 9.90. The number of piperidine rings is 1. The van der Waals surface area contributed by atoms with E-state index >= 15 is 0 Å². The molecule has 3 aromatic rings. The Hall–Kier alpha value is -3.42. The molecule has 8 heteroatoms. The molecule has 2 fully saturated rings. The second kappa shape index (κ2) is 9.91. The molecule has 190 valence electrons. The minimum absolute atomic E-state index is 0.110. The quantitative estimate of drug-likeness (QED) is 0.461. The van der Waals surface area contributed by atoms with Crippen molar-refractivity contribution in [3.63, 3.8) is 0 Å². The van der Waals surface area contributed by atoms with Crippen LogP contribution in [0.5, 0.6) is 11.6 Å². The van der Waals surface area contributed by atoms with Crippen LogP contribution in [0.2, 0.25) is 0 Å². The molecular weight excluding hydrogens is 456 g/mol. The first-order valence-corrected chi connectivity index (χ1v) is 12.7. The number of hydrogen-bond acceptors (Lipinski definition) is 7. The topological polar surface area (TPSA) is 86.7 Å². The predicted molar refractivity (Wildman–Crippen MR) is 136 cm³/mol. The second-order valence-electron chi connectivity index (χ2n) is 10.7. The third kappa shape index (κ3) is 5.53. The summed E-state index contributed by atoms with van der Waals surface area (Å²) in [5.74, 6) is 2.30. The molecule has 5 rings (SSSR count). The van der Waals surface area contributed by atoms with Crippen molar-refractivity contribution in [3.8, 4) is 11.6 Å². The Balaban J connectivity index is 1.32. The van der Waals surface area contributed by atoms with Crippen molar-refractivity contribution in [2.24, 2.45) is 5.92 Å². The van der Waals surface area contributed by atoms with Crippen LogP contribution in [0.1, 0.15) is 63.1 Å². The van der Waals surface area contributed by atoms with Crippen molar-refractivity contribution >= 4 is 17.1 Å². The zero-order chi connectivity index (χ0) is 25.3. The number of amides is 1. The highest BCUT2D eigenvalue weighted by Gasteiger charge is 2.40. The molecule has 3 atom stereocenters. The van der Waals surface area contributed by atoms with Crippen LogP contribution in [0, 0.1) is 5.92 Å². The Morgan fingerprint density at radius 1 is 1.17 bits per heavy atom. The maximum Gasteiger partial charge on any atom is 0.410 e. The Kier molecular flexibility index (Phi) is 6.69. The van der Waals surface area contributed by atoms with Gasteiger partial charge in [0.1, 0.15) is 11.4 Å². The molecule has 36 heavy (non-hydrogen) atoms. The highest BCUT2D eigenvalue weighted by atomic mass is 16.6. The van der Waals surface area contributed by atoms with E-state index in [4.69, 9.17) is 19.2 Å². The molecular formula is C28H34N4O4. The molecule has 2 aliphatic rings. The van der Waals surface area contributed by atoms with Crippen molar-refractivity contribution in [2.45, 2.75) is 57.5 Å².